The summed E-state index contributed by atoms with van der Waals surface area (Å²) in [6.07, 6.45) is -1.17. The molecule has 0 radical (unpaired) electrons. The van der Waals surface area contributed by atoms with Gasteiger partial charge in [-0.15, -0.1) is 4.31 Å². The summed E-state index contributed by atoms with van der Waals surface area (Å²) in [6.45, 7) is 1.84. The quantitative estimate of drug-likeness (QED) is 0.185. The van der Waals surface area contributed by atoms with Crippen LogP contribution in [-0.2, 0) is 29.1 Å². The second-order valence-corrected chi connectivity index (χ2v) is 12.6. The molecule has 0 bridgehead atoms. The lowest BCUT2D eigenvalue weighted by molar-refractivity contribution is -0.168. The van der Waals surface area contributed by atoms with Gasteiger partial charge >= 0.3 is 11.9 Å². The summed E-state index contributed by atoms with van der Waals surface area (Å²) in [4.78, 5) is 30.1. The van der Waals surface area contributed by atoms with Gasteiger partial charge in [0.25, 0.3) is 5.54 Å². The maximum Gasteiger partial charge on any atom is 0.341 e. The van der Waals surface area contributed by atoms with E-state index in [-0.39, 0.29) is 4.90 Å². The average Bonchev–Trinajstić information content (AvgIpc) is 3.35. The van der Waals surface area contributed by atoms with Crippen molar-refractivity contribution < 1.29 is 27.5 Å². The number of para-hydroxylation sites is 1. The zero-order valence-corrected chi connectivity index (χ0v) is 25.6. The molecule has 1 aliphatic heterocycles. The van der Waals surface area contributed by atoms with Crippen LogP contribution in [0.3, 0.4) is 0 Å². The molecule has 10 heteroatoms. The summed E-state index contributed by atoms with van der Waals surface area (Å²) >= 11 is 3.46. The molecule has 42 heavy (non-hydrogen) atoms. The lowest BCUT2D eigenvalue weighted by Crippen LogP contribution is -2.62. The first-order chi connectivity index (χ1) is 20.2. The van der Waals surface area contributed by atoms with Crippen LogP contribution in [0.25, 0.3) is 0 Å². The number of carbonyl (C=O) groups is 2. The minimum atomic E-state index is -4.58. The van der Waals surface area contributed by atoms with E-state index in [2.05, 4.69) is 15.9 Å². The molecule has 0 N–H and O–H groups in total. The molecule has 0 amide bonds. The summed E-state index contributed by atoms with van der Waals surface area (Å²) in [5.74, 6) is -2.14. The molecule has 0 aliphatic carbocycles. The Morgan fingerprint density at radius 1 is 0.738 bits per heavy atom. The van der Waals surface area contributed by atoms with E-state index >= 15 is 0 Å². The number of anilines is 1. The van der Waals surface area contributed by atoms with E-state index in [1.54, 1.807) is 71.6 Å². The van der Waals surface area contributed by atoms with Gasteiger partial charge in [0.2, 0.25) is 10.0 Å². The SMILES string of the molecule is COC(=O)C1(C(=O)OC)[C@H](c2ccccc2)N(c2ccccc2)[C@@H](c2ccc(Br)cc2)N1S(=O)(=O)c1ccc(C)cc1. The molecule has 0 unspecified atom stereocenters. The standard InChI is InChI=1S/C32H29BrN2O6S/c1-22-14-20-27(21-15-22)42(38,39)35-29(24-16-18-25(33)19-17-24)34(26-12-8-5-9-13-26)28(23-10-6-4-7-11-23)32(35,30(36)40-2)31(37)41-3/h4-21,28-29H,1-3H3/t28-,29+/m0/s1. The molecule has 1 fully saturated rings. The third-order valence-electron chi connectivity index (χ3n) is 7.42. The number of methoxy groups -OCH3 is 2. The van der Waals surface area contributed by atoms with E-state index in [9.17, 15) is 18.0 Å². The van der Waals surface area contributed by atoms with Crippen LogP contribution in [0.5, 0.6) is 0 Å². The van der Waals surface area contributed by atoms with Crippen LogP contribution >= 0.6 is 15.9 Å². The van der Waals surface area contributed by atoms with Crippen molar-refractivity contribution in [2.45, 2.75) is 29.6 Å². The molecule has 0 aromatic heterocycles. The molecule has 216 valence electrons. The van der Waals surface area contributed by atoms with Crippen LogP contribution < -0.4 is 4.90 Å². The summed E-state index contributed by atoms with van der Waals surface area (Å²) in [6, 6.07) is 30.1. The number of sulfonamides is 1. The summed E-state index contributed by atoms with van der Waals surface area (Å²) in [5.41, 5.74) is -0.0188. The molecule has 0 saturated carbocycles. The van der Waals surface area contributed by atoms with E-state index in [0.717, 1.165) is 28.6 Å². The molecule has 8 nitrogen and oxygen atoms in total. The van der Waals surface area contributed by atoms with Gasteiger partial charge in [0, 0.05) is 10.2 Å². The van der Waals surface area contributed by atoms with Crippen molar-refractivity contribution in [1.82, 2.24) is 4.31 Å². The fourth-order valence-electron chi connectivity index (χ4n) is 5.57. The predicted octanol–water partition coefficient (Wildman–Crippen LogP) is 5.79. The smallest absolute Gasteiger partial charge is 0.341 e. The third kappa shape index (κ3) is 4.79. The lowest BCUT2D eigenvalue weighted by Gasteiger charge is -2.36. The van der Waals surface area contributed by atoms with Gasteiger partial charge < -0.3 is 14.4 Å². The predicted molar refractivity (Wildman–Crippen MR) is 162 cm³/mol. The number of ether oxygens (including phenoxy) is 2. The van der Waals surface area contributed by atoms with Crippen molar-refractivity contribution >= 4 is 43.6 Å². The second kappa shape index (κ2) is 11.7. The molecule has 4 aromatic carbocycles. The van der Waals surface area contributed by atoms with Gasteiger partial charge in [-0.05, 0) is 54.4 Å². The highest BCUT2D eigenvalue weighted by molar-refractivity contribution is 9.10. The number of benzene rings is 4. The third-order valence-corrected chi connectivity index (χ3v) is 9.82. The first-order valence-corrected chi connectivity index (χ1v) is 15.3. The fourth-order valence-corrected chi connectivity index (χ4v) is 7.66. The summed E-state index contributed by atoms with van der Waals surface area (Å²) < 4.78 is 42.1. The van der Waals surface area contributed by atoms with Gasteiger partial charge in [-0.1, -0.05) is 94.3 Å². The Hall–Kier alpha value is -3.99. The van der Waals surface area contributed by atoms with Crippen molar-refractivity contribution in [3.8, 4) is 0 Å². The minimum absolute atomic E-state index is 0.0888. The lowest BCUT2D eigenvalue weighted by atomic mass is 9.85. The molecule has 4 aromatic rings. The molecule has 1 heterocycles. The van der Waals surface area contributed by atoms with Crippen molar-refractivity contribution in [2.75, 3.05) is 19.1 Å². The highest BCUT2D eigenvalue weighted by Crippen LogP contribution is 2.56. The molecular weight excluding hydrogens is 620 g/mol. The van der Waals surface area contributed by atoms with E-state index in [1.165, 1.54) is 12.1 Å². The van der Waals surface area contributed by atoms with Gasteiger partial charge in [0.1, 0.15) is 6.17 Å². The van der Waals surface area contributed by atoms with Gasteiger partial charge in [0.05, 0.1) is 25.2 Å². The summed E-state index contributed by atoms with van der Waals surface area (Å²) in [7, 11) is -2.32. The topological polar surface area (TPSA) is 93.2 Å². The van der Waals surface area contributed by atoms with Crippen LogP contribution in [0, 0.1) is 6.92 Å². The number of hydrogen-bond donors (Lipinski definition) is 0. The Kier molecular flexibility index (Phi) is 8.23. The number of esters is 2. The number of rotatable bonds is 7. The van der Waals surface area contributed by atoms with Gasteiger partial charge in [-0.3, -0.25) is 0 Å². The van der Waals surface area contributed by atoms with Gasteiger partial charge in [-0.25, -0.2) is 18.0 Å². The Labute approximate surface area is 253 Å². The van der Waals surface area contributed by atoms with E-state index in [1.807, 2.05) is 37.3 Å². The molecule has 1 saturated heterocycles. The van der Waals surface area contributed by atoms with Gasteiger partial charge in [-0.2, -0.15) is 0 Å². The van der Waals surface area contributed by atoms with Crippen molar-refractivity contribution in [3.63, 3.8) is 0 Å². The van der Waals surface area contributed by atoms with Crippen molar-refractivity contribution in [3.05, 3.63) is 130 Å². The fraction of sp³-hybridized carbons (Fsp3) is 0.188. The van der Waals surface area contributed by atoms with E-state index < -0.39 is 39.7 Å². The van der Waals surface area contributed by atoms with Crippen LogP contribution in [0.1, 0.15) is 28.9 Å². The molecule has 5 rings (SSSR count). The molecule has 2 atom stereocenters. The van der Waals surface area contributed by atoms with Crippen LogP contribution in [0.15, 0.2) is 119 Å². The number of hydrogen-bond acceptors (Lipinski definition) is 7. The summed E-state index contributed by atoms with van der Waals surface area (Å²) in [5, 5.41) is 0. The Morgan fingerprint density at radius 3 is 1.79 bits per heavy atom. The highest BCUT2D eigenvalue weighted by atomic mass is 79.9. The Morgan fingerprint density at radius 2 is 1.26 bits per heavy atom. The number of nitrogens with zero attached hydrogens (tertiary/aromatic N) is 2. The van der Waals surface area contributed by atoms with Crippen molar-refractivity contribution in [1.29, 1.82) is 0 Å². The van der Waals surface area contributed by atoms with Crippen LogP contribution in [-0.4, -0.2) is 44.4 Å². The largest absolute Gasteiger partial charge is 0.467 e. The maximum atomic E-state index is 14.9. The van der Waals surface area contributed by atoms with E-state index in [4.69, 9.17) is 9.47 Å². The normalized spacial score (nSPS) is 18.4. The number of halogens is 1. The second-order valence-electron chi connectivity index (χ2n) is 9.84. The minimum Gasteiger partial charge on any atom is -0.467 e. The molecule has 0 spiro atoms. The van der Waals surface area contributed by atoms with Crippen LogP contribution in [0.4, 0.5) is 5.69 Å². The number of aryl methyl sites for hydroxylation is 1. The average molecular weight is 650 g/mol. The number of carbonyl (C=O) groups excluding carboxylic acids is 2. The first-order valence-electron chi connectivity index (χ1n) is 13.1. The molecular formula is C32H29BrN2O6S. The van der Waals surface area contributed by atoms with Crippen LogP contribution in [0.2, 0.25) is 0 Å². The highest BCUT2D eigenvalue weighted by Gasteiger charge is 2.73. The van der Waals surface area contributed by atoms with Crippen molar-refractivity contribution in [2.24, 2.45) is 0 Å². The molecule has 1 aliphatic rings. The van der Waals surface area contributed by atoms with Gasteiger partial charge in [0.15, 0.2) is 0 Å². The Bertz CT molecular complexity index is 1660. The zero-order valence-electron chi connectivity index (χ0n) is 23.2. The zero-order chi connectivity index (χ0) is 30.1. The first kappa shape index (κ1) is 29.5. The monoisotopic (exact) mass is 648 g/mol. The maximum absolute atomic E-state index is 14.9. The Balaban J connectivity index is 1.97. The van der Waals surface area contributed by atoms with E-state index in [0.29, 0.717) is 16.8 Å².